The Balaban J connectivity index is 2.59. The van der Waals surface area contributed by atoms with Crippen molar-refractivity contribution in [3.8, 4) is 0 Å². The molecule has 1 heterocycles. The van der Waals surface area contributed by atoms with Crippen LogP contribution in [0.1, 0.15) is 45.9 Å². The van der Waals surface area contributed by atoms with Gasteiger partial charge in [-0.05, 0) is 33.3 Å². The van der Waals surface area contributed by atoms with Gasteiger partial charge in [0.05, 0.1) is 12.3 Å². The molecule has 2 unspecified atom stereocenters. The van der Waals surface area contributed by atoms with Crippen molar-refractivity contribution in [2.45, 2.75) is 52.1 Å². The summed E-state index contributed by atoms with van der Waals surface area (Å²) in [6, 6.07) is 2.49. The van der Waals surface area contributed by atoms with Crippen molar-refractivity contribution in [2.24, 2.45) is 5.73 Å². The third-order valence-electron chi connectivity index (χ3n) is 2.93. The van der Waals surface area contributed by atoms with Crippen molar-refractivity contribution < 1.29 is 4.74 Å². The maximum absolute atomic E-state index is 6.18. The molecular formula is C13H25N3O. The fourth-order valence-corrected chi connectivity index (χ4v) is 1.70. The minimum Gasteiger partial charge on any atom is -0.380 e. The van der Waals surface area contributed by atoms with Gasteiger partial charge in [-0.1, -0.05) is 6.92 Å². The van der Waals surface area contributed by atoms with Gasteiger partial charge in [-0.15, -0.1) is 0 Å². The van der Waals surface area contributed by atoms with Gasteiger partial charge in [0, 0.05) is 30.8 Å². The van der Waals surface area contributed by atoms with E-state index < -0.39 is 0 Å². The number of ether oxygens (including phenoxy) is 1. The maximum atomic E-state index is 6.18. The lowest BCUT2D eigenvalue weighted by Crippen LogP contribution is -2.43. The predicted molar refractivity (Wildman–Crippen MR) is 70.0 cm³/mol. The Bertz CT molecular complexity index is 333. The molecule has 2 N–H and O–H groups in total. The van der Waals surface area contributed by atoms with Gasteiger partial charge in [0.15, 0.2) is 0 Å². The number of rotatable bonds is 7. The first kappa shape index (κ1) is 14.2. The van der Waals surface area contributed by atoms with E-state index in [4.69, 9.17) is 10.5 Å². The molecule has 0 saturated carbocycles. The van der Waals surface area contributed by atoms with E-state index in [0.717, 1.165) is 18.5 Å². The quantitative estimate of drug-likeness (QED) is 0.793. The maximum Gasteiger partial charge on any atom is 0.0647 e. The molecule has 0 saturated heterocycles. The van der Waals surface area contributed by atoms with E-state index in [0.29, 0.717) is 19.3 Å². The van der Waals surface area contributed by atoms with E-state index >= 15 is 0 Å². The molecule has 17 heavy (non-hydrogen) atoms. The highest BCUT2D eigenvalue weighted by Crippen LogP contribution is 2.13. The number of hydrogen-bond acceptors (Lipinski definition) is 3. The highest BCUT2D eigenvalue weighted by Gasteiger charge is 2.20. The molecule has 1 aromatic rings. The average Bonchev–Trinajstić information content (AvgIpc) is 2.73. The second kappa shape index (κ2) is 6.17. The summed E-state index contributed by atoms with van der Waals surface area (Å²) in [5, 5.41) is 4.56. The van der Waals surface area contributed by atoms with Gasteiger partial charge in [0.2, 0.25) is 0 Å². The van der Waals surface area contributed by atoms with Crippen molar-refractivity contribution in [2.75, 3.05) is 13.2 Å². The lowest BCUT2D eigenvalue weighted by atomic mass is 9.98. The third-order valence-corrected chi connectivity index (χ3v) is 2.93. The molecule has 0 spiro atoms. The van der Waals surface area contributed by atoms with Gasteiger partial charge in [0.1, 0.15) is 0 Å². The standard InChI is InChI=1S/C13H25N3O/c1-5-11(3)16-8-7-12(15-16)9-13(4,14)10-17-6-2/h7-8,11H,5-6,9-10,14H2,1-4H3. The van der Waals surface area contributed by atoms with Crippen LogP contribution in [0, 0.1) is 0 Å². The summed E-state index contributed by atoms with van der Waals surface area (Å²) < 4.78 is 7.39. The highest BCUT2D eigenvalue weighted by atomic mass is 16.5. The second-order valence-electron chi connectivity index (χ2n) is 5.01. The van der Waals surface area contributed by atoms with E-state index in [1.807, 2.05) is 30.8 Å². The fraction of sp³-hybridized carbons (Fsp3) is 0.769. The zero-order valence-electron chi connectivity index (χ0n) is 11.4. The van der Waals surface area contributed by atoms with Gasteiger partial charge in [-0.25, -0.2) is 0 Å². The first-order valence-corrected chi connectivity index (χ1v) is 6.39. The predicted octanol–water partition coefficient (Wildman–Crippen LogP) is 2.15. The number of hydrogen-bond donors (Lipinski definition) is 1. The van der Waals surface area contributed by atoms with Crippen LogP contribution in [0.4, 0.5) is 0 Å². The van der Waals surface area contributed by atoms with E-state index in [1.165, 1.54) is 0 Å². The number of nitrogens with zero attached hydrogens (tertiary/aromatic N) is 2. The van der Waals surface area contributed by atoms with E-state index in [2.05, 4.69) is 18.9 Å². The zero-order chi connectivity index (χ0) is 12.9. The Kier molecular flexibility index (Phi) is 5.15. The molecule has 0 radical (unpaired) electrons. The molecule has 4 nitrogen and oxygen atoms in total. The first-order valence-electron chi connectivity index (χ1n) is 6.39. The highest BCUT2D eigenvalue weighted by molar-refractivity contribution is 5.05. The minimum absolute atomic E-state index is 0.343. The molecule has 0 bridgehead atoms. The van der Waals surface area contributed by atoms with Crippen LogP contribution in [0.3, 0.4) is 0 Å². The molecule has 0 aliphatic carbocycles. The second-order valence-corrected chi connectivity index (χ2v) is 5.01. The largest absolute Gasteiger partial charge is 0.380 e. The number of nitrogens with two attached hydrogens (primary N) is 1. The van der Waals surface area contributed by atoms with Crippen molar-refractivity contribution in [3.63, 3.8) is 0 Å². The molecule has 0 amide bonds. The molecule has 2 atom stereocenters. The summed E-state index contributed by atoms with van der Waals surface area (Å²) in [5.74, 6) is 0. The van der Waals surface area contributed by atoms with E-state index in [1.54, 1.807) is 0 Å². The van der Waals surface area contributed by atoms with Crippen LogP contribution in [0.2, 0.25) is 0 Å². The summed E-state index contributed by atoms with van der Waals surface area (Å²) in [6.07, 6.45) is 3.86. The van der Waals surface area contributed by atoms with Gasteiger partial charge >= 0.3 is 0 Å². The van der Waals surface area contributed by atoms with Crippen LogP contribution in [0.25, 0.3) is 0 Å². The average molecular weight is 239 g/mol. The Hall–Kier alpha value is -0.870. The minimum atomic E-state index is -0.343. The summed E-state index contributed by atoms with van der Waals surface area (Å²) in [7, 11) is 0. The first-order chi connectivity index (χ1) is 7.98. The van der Waals surface area contributed by atoms with Crippen molar-refractivity contribution >= 4 is 0 Å². The van der Waals surface area contributed by atoms with Crippen LogP contribution in [-0.2, 0) is 11.2 Å². The molecule has 1 rings (SSSR count). The van der Waals surface area contributed by atoms with Gasteiger partial charge in [0.25, 0.3) is 0 Å². The fourth-order valence-electron chi connectivity index (χ4n) is 1.70. The van der Waals surface area contributed by atoms with Gasteiger partial charge in [-0.2, -0.15) is 5.10 Å². The summed E-state index contributed by atoms with van der Waals surface area (Å²) >= 11 is 0. The Morgan fingerprint density at radius 2 is 2.24 bits per heavy atom. The normalized spacial score (nSPS) is 16.8. The topological polar surface area (TPSA) is 53.1 Å². The molecule has 0 aromatic carbocycles. The van der Waals surface area contributed by atoms with Crippen molar-refractivity contribution in [1.29, 1.82) is 0 Å². The van der Waals surface area contributed by atoms with E-state index in [9.17, 15) is 0 Å². The van der Waals surface area contributed by atoms with Crippen molar-refractivity contribution in [1.82, 2.24) is 9.78 Å². The lowest BCUT2D eigenvalue weighted by Gasteiger charge is -2.23. The van der Waals surface area contributed by atoms with Crippen molar-refractivity contribution in [3.05, 3.63) is 18.0 Å². The molecule has 0 aliphatic rings. The SMILES string of the molecule is CCOCC(C)(N)Cc1ccn(C(C)CC)n1. The number of aromatic nitrogens is 2. The Morgan fingerprint density at radius 3 is 2.82 bits per heavy atom. The lowest BCUT2D eigenvalue weighted by molar-refractivity contribution is 0.101. The summed E-state index contributed by atoms with van der Waals surface area (Å²) in [4.78, 5) is 0. The molecule has 4 heteroatoms. The Labute approximate surface area is 104 Å². The van der Waals surface area contributed by atoms with Crippen LogP contribution >= 0.6 is 0 Å². The molecule has 1 aromatic heterocycles. The molecule has 0 aliphatic heterocycles. The molecule has 98 valence electrons. The van der Waals surface area contributed by atoms with Crippen LogP contribution < -0.4 is 5.73 Å². The summed E-state index contributed by atoms with van der Waals surface area (Å²) in [5.41, 5.74) is 6.87. The monoisotopic (exact) mass is 239 g/mol. The third kappa shape index (κ3) is 4.48. The Morgan fingerprint density at radius 1 is 1.53 bits per heavy atom. The van der Waals surface area contributed by atoms with Gasteiger partial charge in [-0.3, -0.25) is 4.68 Å². The van der Waals surface area contributed by atoms with E-state index in [-0.39, 0.29) is 5.54 Å². The summed E-state index contributed by atoms with van der Waals surface area (Å²) in [6.45, 7) is 9.58. The zero-order valence-corrected chi connectivity index (χ0v) is 11.4. The molecular weight excluding hydrogens is 214 g/mol. The van der Waals surface area contributed by atoms with Crippen LogP contribution in [0.5, 0.6) is 0 Å². The van der Waals surface area contributed by atoms with Crippen LogP contribution in [-0.4, -0.2) is 28.5 Å². The van der Waals surface area contributed by atoms with Crippen LogP contribution in [0.15, 0.2) is 12.3 Å². The van der Waals surface area contributed by atoms with Gasteiger partial charge < -0.3 is 10.5 Å². The molecule has 0 fully saturated rings. The smallest absolute Gasteiger partial charge is 0.0647 e.